The standard InChI is InChI=1S/C9H17N3O/c1-7(13)4-5-10-9-6-12(3)11-8(9)2/h6-7,10,13H,4-5H2,1-3H3. The third-order valence-corrected chi connectivity index (χ3v) is 1.89. The number of anilines is 1. The summed E-state index contributed by atoms with van der Waals surface area (Å²) in [6.07, 6.45) is 2.45. The molecule has 74 valence electrons. The van der Waals surface area contributed by atoms with Gasteiger partial charge < -0.3 is 10.4 Å². The van der Waals surface area contributed by atoms with Gasteiger partial charge in [0, 0.05) is 19.8 Å². The van der Waals surface area contributed by atoms with Crippen molar-refractivity contribution in [3.8, 4) is 0 Å². The average molecular weight is 183 g/mol. The van der Waals surface area contributed by atoms with Gasteiger partial charge in [-0.05, 0) is 20.3 Å². The van der Waals surface area contributed by atoms with Gasteiger partial charge >= 0.3 is 0 Å². The van der Waals surface area contributed by atoms with Gasteiger partial charge in [-0.1, -0.05) is 0 Å². The number of aryl methyl sites for hydroxylation is 2. The van der Waals surface area contributed by atoms with Crippen molar-refractivity contribution < 1.29 is 5.11 Å². The molecule has 2 N–H and O–H groups in total. The molecule has 1 aromatic rings. The molecule has 13 heavy (non-hydrogen) atoms. The number of hydrogen-bond donors (Lipinski definition) is 2. The second-order valence-electron chi connectivity index (χ2n) is 3.37. The normalized spacial score (nSPS) is 12.9. The number of aliphatic hydroxyl groups is 1. The van der Waals surface area contributed by atoms with E-state index in [2.05, 4.69) is 10.4 Å². The molecule has 0 spiro atoms. The van der Waals surface area contributed by atoms with Crippen LogP contribution in [0.3, 0.4) is 0 Å². The van der Waals surface area contributed by atoms with Crippen molar-refractivity contribution in [2.24, 2.45) is 7.05 Å². The largest absolute Gasteiger partial charge is 0.393 e. The Hall–Kier alpha value is -1.03. The molecule has 1 unspecified atom stereocenters. The molecule has 4 heteroatoms. The van der Waals surface area contributed by atoms with E-state index >= 15 is 0 Å². The third kappa shape index (κ3) is 3.06. The van der Waals surface area contributed by atoms with Gasteiger partial charge in [0.1, 0.15) is 0 Å². The van der Waals surface area contributed by atoms with E-state index < -0.39 is 0 Å². The van der Waals surface area contributed by atoms with E-state index in [0.717, 1.165) is 24.3 Å². The van der Waals surface area contributed by atoms with Crippen molar-refractivity contribution in [2.75, 3.05) is 11.9 Å². The topological polar surface area (TPSA) is 50.1 Å². The number of nitrogens with one attached hydrogen (secondary N) is 1. The Morgan fingerprint density at radius 2 is 2.38 bits per heavy atom. The predicted molar refractivity (Wildman–Crippen MR) is 52.7 cm³/mol. The lowest BCUT2D eigenvalue weighted by atomic mass is 10.3. The van der Waals surface area contributed by atoms with Crippen molar-refractivity contribution in [3.63, 3.8) is 0 Å². The second-order valence-corrected chi connectivity index (χ2v) is 3.37. The van der Waals surface area contributed by atoms with Crippen LogP contribution < -0.4 is 5.32 Å². The van der Waals surface area contributed by atoms with Crippen molar-refractivity contribution in [1.29, 1.82) is 0 Å². The summed E-state index contributed by atoms with van der Waals surface area (Å²) < 4.78 is 1.78. The predicted octanol–water partition coefficient (Wildman–Crippen LogP) is 0.911. The van der Waals surface area contributed by atoms with Crippen LogP contribution in [0.15, 0.2) is 6.20 Å². The first-order chi connectivity index (χ1) is 6.09. The summed E-state index contributed by atoms with van der Waals surface area (Å²) >= 11 is 0. The first kappa shape index (κ1) is 10.1. The van der Waals surface area contributed by atoms with Gasteiger partial charge in [-0.2, -0.15) is 5.10 Å². The van der Waals surface area contributed by atoms with Gasteiger partial charge in [0.05, 0.1) is 17.5 Å². The molecule has 4 nitrogen and oxygen atoms in total. The highest BCUT2D eigenvalue weighted by Crippen LogP contribution is 2.10. The Labute approximate surface area is 78.6 Å². The molecule has 0 saturated carbocycles. The molecular formula is C9H17N3O. The number of hydrogen-bond acceptors (Lipinski definition) is 3. The number of aliphatic hydroxyl groups excluding tert-OH is 1. The monoisotopic (exact) mass is 183 g/mol. The molecule has 0 aromatic carbocycles. The van der Waals surface area contributed by atoms with E-state index in [1.54, 1.807) is 11.6 Å². The highest BCUT2D eigenvalue weighted by atomic mass is 16.3. The molecule has 1 heterocycles. The van der Waals surface area contributed by atoms with Gasteiger partial charge in [0.2, 0.25) is 0 Å². The summed E-state index contributed by atoms with van der Waals surface area (Å²) in [7, 11) is 1.90. The lowest BCUT2D eigenvalue weighted by Gasteiger charge is -2.05. The zero-order valence-electron chi connectivity index (χ0n) is 8.41. The van der Waals surface area contributed by atoms with E-state index in [9.17, 15) is 0 Å². The van der Waals surface area contributed by atoms with Gasteiger partial charge in [-0.3, -0.25) is 4.68 Å². The van der Waals surface area contributed by atoms with Crippen LogP contribution in [0.5, 0.6) is 0 Å². The Morgan fingerprint density at radius 3 is 2.85 bits per heavy atom. The van der Waals surface area contributed by atoms with Crippen molar-refractivity contribution in [1.82, 2.24) is 9.78 Å². The fraction of sp³-hybridized carbons (Fsp3) is 0.667. The smallest absolute Gasteiger partial charge is 0.0824 e. The van der Waals surface area contributed by atoms with Crippen LogP contribution >= 0.6 is 0 Å². The molecule has 1 aromatic heterocycles. The molecule has 0 saturated heterocycles. The maximum absolute atomic E-state index is 9.04. The maximum Gasteiger partial charge on any atom is 0.0824 e. The van der Waals surface area contributed by atoms with Crippen LogP contribution in [0.25, 0.3) is 0 Å². The molecule has 0 amide bonds. The second kappa shape index (κ2) is 4.28. The number of rotatable bonds is 4. The molecule has 0 bridgehead atoms. The van der Waals surface area contributed by atoms with E-state index in [1.165, 1.54) is 0 Å². The molecule has 0 radical (unpaired) electrons. The Balaban J connectivity index is 2.40. The molecular weight excluding hydrogens is 166 g/mol. The summed E-state index contributed by atoms with van der Waals surface area (Å²) in [5.41, 5.74) is 2.04. The molecule has 1 rings (SSSR count). The Bertz CT molecular complexity index is 268. The zero-order chi connectivity index (χ0) is 9.84. The molecule has 0 aliphatic rings. The average Bonchev–Trinajstić information content (AvgIpc) is 2.29. The number of nitrogens with zero attached hydrogens (tertiary/aromatic N) is 2. The lowest BCUT2D eigenvalue weighted by Crippen LogP contribution is -2.09. The maximum atomic E-state index is 9.04. The van der Waals surface area contributed by atoms with Gasteiger partial charge in [-0.25, -0.2) is 0 Å². The van der Waals surface area contributed by atoms with Crippen molar-refractivity contribution >= 4 is 5.69 Å². The third-order valence-electron chi connectivity index (χ3n) is 1.89. The lowest BCUT2D eigenvalue weighted by molar-refractivity contribution is 0.189. The fourth-order valence-corrected chi connectivity index (χ4v) is 1.19. The number of aromatic nitrogens is 2. The molecule has 0 aliphatic carbocycles. The van der Waals surface area contributed by atoms with E-state index in [4.69, 9.17) is 5.11 Å². The van der Waals surface area contributed by atoms with Gasteiger partial charge in [0.15, 0.2) is 0 Å². The SMILES string of the molecule is Cc1nn(C)cc1NCCC(C)O. The summed E-state index contributed by atoms with van der Waals surface area (Å²) in [4.78, 5) is 0. The van der Waals surface area contributed by atoms with Crippen LogP contribution in [-0.4, -0.2) is 27.5 Å². The summed E-state index contributed by atoms with van der Waals surface area (Å²) in [6.45, 7) is 4.53. The minimum absolute atomic E-state index is 0.246. The van der Waals surface area contributed by atoms with Crippen molar-refractivity contribution in [3.05, 3.63) is 11.9 Å². The minimum atomic E-state index is -0.246. The van der Waals surface area contributed by atoms with E-state index in [0.29, 0.717) is 0 Å². The van der Waals surface area contributed by atoms with E-state index in [-0.39, 0.29) is 6.10 Å². The molecule has 0 fully saturated rings. The Kier molecular flexibility index (Phi) is 3.31. The fourth-order valence-electron chi connectivity index (χ4n) is 1.19. The molecule has 1 atom stereocenters. The van der Waals surface area contributed by atoms with Crippen LogP contribution in [0.1, 0.15) is 19.0 Å². The zero-order valence-corrected chi connectivity index (χ0v) is 8.41. The summed E-state index contributed by atoms with van der Waals surface area (Å²) in [6, 6.07) is 0. The highest BCUT2D eigenvalue weighted by molar-refractivity contribution is 5.45. The van der Waals surface area contributed by atoms with Crippen LogP contribution in [0, 0.1) is 6.92 Å². The minimum Gasteiger partial charge on any atom is -0.393 e. The Morgan fingerprint density at radius 1 is 1.69 bits per heavy atom. The summed E-state index contributed by atoms with van der Waals surface area (Å²) in [5.74, 6) is 0. The van der Waals surface area contributed by atoms with Crippen LogP contribution in [0.4, 0.5) is 5.69 Å². The van der Waals surface area contributed by atoms with Crippen LogP contribution in [-0.2, 0) is 7.05 Å². The molecule has 0 aliphatic heterocycles. The first-order valence-corrected chi connectivity index (χ1v) is 4.52. The van der Waals surface area contributed by atoms with Gasteiger partial charge in [-0.15, -0.1) is 0 Å². The quantitative estimate of drug-likeness (QED) is 0.729. The first-order valence-electron chi connectivity index (χ1n) is 4.52. The van der Waals surface area contributed by atoms with E-state index in [1.807, 2.05) is 20.2 Å². The van der Waals surface area contributed by atoms with Crippen LogP contribution in [0.2, 0.25) is 0 Å². The van der Waals surface area contributed by atoms with Crippen molar-refractivity contribution in [2.45, 2.75) is 26.4 Å². The summed E-state index contributed by atoms with van der Waals surface area (Å²) in [5, 5.41) is 16.5. The van der Waals surface area contributed by atoms with Gasteiger partial charge in [0.25, 0.3) is 0 Å². The highest BCUT2D eigenvalue weighted by Gasteiger charge is 2.01.